The fourth-order valence-electron chi connectivity index (χ4n) is 9.91. The maximum absolute atomic E-state index is 6.78. The second-order valence-corrected chi connectivity index (χ2v) is 16.0. The summed E-state index contributed by atoms with van der Waals surface area (Å²) < 4.78 is 15.6. The molecule has 10 aromatic carbocycles. The Labute approximate surface area is 356 Å². The molecule has 0 bridgehead atoms. The molecule has 13 rings (SSSR count). The first kappa shape index (κ1) is 34.5. The van der Waals surface area contributed by atoms with E-state index in [-0.39, 0.29) is 0 Å². The molecule has 3 aromatic heterocycles. The van der Waals surface area contributed by atoms with Crippen molar-refractivity contribution in [2.45, 2.75) is 0 Å². The first-order chi connectivity index (χ1) is 30.8. The molecule has 0 unspecified atom stereocenters. The van der Waals surface area contributed by atoms with Crippen LogP contribution in [0.3, 0.4) is 0 Å². The minimum Gasteiger partial charge on any atom is -0.456 e. The smallest absolute Gasteiger partial charge is 0.143 e. The second-order valence-electron chi connectivity index (χ2n) is 16.0. The minimum absolute atomic E-state index is 0.844. The predicted molar refractivity (Wildman–Crippen MR) is 258 cm³/mol. The number of benzene rings is 10. The van der Waals surface area contributed by atoms with Gasteiger partial charge in [0.05, 0.1) is 33.5 Å². The minimum atomic E-state index is 0.844. The quantitative estimate of drug-likeness (QED) is 0.168. The van der Waals surface area contributed by atoms with Gasteiger partial charge >= 0.3 is 0 Å². The highest BCUT2D eigenvalue weighted by Gasteiger charge is 2.24. The summed E-state index contributed by atoms with van der Waals surface area (Å²) in [7, 11) is 0. The van der Waals surface area contributed by atoms with Crippen LogP contribution in [-0.4, -0.2) is 4.57 Å². The molecule has 0 radical (unpaired) electrons. The van der Waals surface area contributed by atoms with Crippen LogP contribution >= 0.6 is 0 Å². The fraction of sp³-hybridized carbons (Fsp3) is 0. The number of para-hydroxylation sites is 5. The molecular weight excluding hydrogens is 757 g/mol. The van der Waals surface area contributed by atoms with Crippen LogP contribution in [0.15, 0.2) is 227 Å². The molecule has 0 amide bonds. The topological polar surface area (TPSA) is 34.5 Å². The maximum atomic E-state index is 6.78. The van der Waals surface area contributed by atoms with Gasteiger partial charge in [0.15, 0.2) is 0 Å². The molecule has 0 saturated carbocycles. The van der Waals surface area contributed by atoms with Crippen molar-refractivity contribution in [1.29, 1.82) is 0 Å². The summed E-state index contributed by atoms with van der Waals surface area (Å²) in [5.74, 6) is 0. The maximum Gasteiger partial charge on any atom is 0.143 e. The second kappa shape index (κ2) is 13.6. The summed E-state index contributed by atoms with van der Waals surface area (Å²) in [4.78, 5) is 2.41. The highest BCUT2D eigenvalue weighted by atomic mass is 16.3. The molecule has 0 aliphatic heterocycles. The van der Waals surface area contributed by atoms with Crippen LogP contribution in [-0.2, 0) is 0 Å². The van der Waals surface area contributed by atoms with Crippen molar-refractivity contribution in [1.82, 2.24) is 4.57 Å². The summed E-state index contributed by atoms with van der Waals surface area (Å²) in [5.41, 5.74) is 14.6. The van der Waals surface area contributed by atoms with Gasteiger partial charge in [-0.2, -0.15) is 0 Å². The Morgan fingerprint density at radius 3 is 1.73 bits per heavy atom. The zero-order valence-electron chi connectivity index (χ0n) is 33.5. The molecule has 0 aliphatic rings. The SMILES string of the molecule is c1ccc(N(c2ccc(-c3ccccc3-n3c4ccccc4c4ccccc43)cc2)c2cccc3oc4c5ccccc5ccc4c23)c(-c2cccc3oc4ccccc4c23)c1. The van der Waals surface area contributed by atoms with Crippen LogP contribution in [0, 0.1) is 0 Å². The van der Waals surface area contributed by atoms with Gasteiger partial charge in [0.2, 0.25) is 0 Å². The number of aromatic nitrogens is 1. The third-order valence-electron chi connectivity index (χ3n) is 12.6. The van der Waals surface area contributed by atoms with E-state index in [1.54, 1.807) is 0 Å². The standard InChI is InChI=1S/C58H36N2O2/c1-2-17-41-37(15-1)33-36-47-57-52(27-14-30-55(57)62-58(41)47)59(49-24-9-6-20-44(49)45-22-13-29-54-56(45)46-21-7-12-28-53(46)61-54)39-34-31-38(32-35-39)40-16-3-8-23-48(40)60-50-25-10-4-18-42(50)43-19-5-11-26-51(43)60/h1-36H. The summed E-state index contributed by atoms with van der Waals surface area (Å²) in [6.07, 6.45) is 0. The van der Waals surface area contributed by atoms with Crippen molar-refractivity contribution < 1.29 is 8.83 Å². The fourth-order valence-corrected chi connectivity index (χ4v) is 9.91. The predicted octanol–water partition coefficient (Wildman–Crippen LogP) is 16.5. The lowest BCUT2D eigenvalue weighted by atomic mass is 9.96. The lowest BCUT2D eigenvalue weighted by Gasteiger charge is -2.29. The molecule has 3 heterocycles. The van der Waals surface area contributed by atoms with Crippen molar-refractivity contribution in [3.63, 3.8) is 0 Å². The van der Waals surface area contributed by atoms with Crippen molar-refractivity contribution in [3.8, 4) is 27.9 Å². The Balaban J connectivity index is 1.04. The summed E-state index contributed by atoms with van der Waals surface area (Å²) in [6, 6.07) is 77.9. The monoisotopic (exact) mass is 792 g/mol. The van der Waals surface area contributed by atoms with Crippen molar-refractivity contribution >= 4 is 93.5 Å². The van der Waals surface area contributed by atoms with E-state index in [4.69, 9.17) is 8.83 Å². The number of furan rings is 2. The highest BCUT2D eigenvalue weighted by Crippen LogP contribution is 2.49. The molecule has 0 fully saturated rings. The molecule has 4 nitrogen and oxygen atoms in total. The van der Waals surface area contributed by atoms with Gasteiger partial charge < -0.3 is 18.3 Å². The summed E-state index contributed by atoms with van der Waals surface area (Å²) >= 11 is 0. The van der Waals surface area contributed by atoms with Gasteiger partial charge in [0.1, 0.15) is 22.3 Å². The van der Waals surface area contributed by atoms with E-state index in [1.807, 2.05) is 12.1 Å². The first-order valence-corrected chi connectivity index (χ1v) is 21.1. The molecule has 0 spiro atoms. The van der Waals surface area contributed by atoms with E-state index >= 15 is 0 Å². The van der Waals surface area contributed by atoms with Gasteiger partial charge in [-0.25, -0.2) is 0 Å². The average molecular weight is 793 g/mol. The number of anilines is 3. The van der Waals surface area contributed by atoms with E-state index < -0.39 is 0 Å². The first-order valence-electron chi connectivity index (χ1n) is 21.1. The average Bonchev–Trinajstić information content (AvgIpc) is 4.02. The normalized spacial score (nSPS) is 11.9. The Hall–Kier alpha value is -8.34. The molecule has 4 heteroatoms. The van der Waals surface area contributed by atoms with E-state index in [0.29, 0.717) is 0 Å². The molecule has 0 N–H and O–H groups in total. The van der Waals surface area contributed by atoms with Crippen LogP contribution in [0.4, 0.5) is 17.1 Å². The Kier molecular flexibility index (Phi) is 7.57. The van der Waals surface area contributed by atoms with E-state index in [9.17, 15) is 0 Å². The molecular formula is C58H36N2O2. The largest absolute Gasteiger partial charge is 0.456 e. The number of rotatable bonds is 6. The lowest BCUT2D eigenvalue weighted by molar-refractivity contribution is 0.669. The van der Waals surface area contributed by atoms with Crippen molar-refractivity contribution in [2.75, 3.05) is 4.90 Å². The lowest BCUT2D eigenvalue weighted by Crippen LogP contribution is -2.11. The Morgan fingerprint density at radius 1 is 0.339 bits per heavy atom. The third-order valence-corrected chi connectivity index (χ3v) is 12.6. The zero-order valence-corrected chi connectivity index (χ0v) is 33.5. The van der Waals surface area contributed by atoms with Crippen LogP contribution in [0.2, 0.25) is 0 Å². The number of fused-ring (bicyclic) bond motifs is 11. The highest BCUT2D eigenvalue weighted by molar-refractivity contribution is 6.20. The molecule has 13 aromatic rings. The van der Waals surface area contributed by atoms with Gasteiger partial charge in [-0.05, 0) is 83.2 Å². The van der Waals surface area contributed by atoms with Crippen molar-refractivity contribution in [2.24, 2.45) is 0 Å². The van der Waals surface area contributed by atoms with Gasteiger partial charge in [-0.3, -0.25) is 0 Å². The zero-order chi connectivity index (χ0) is 40.7. The van der Waals surface area contributed by atoms with Crippen LogP contribution in [0.25, 0.3) is 104 Å². The van der Waals surface area contributed by atoms with Crippen LogP contribution in [0.1, 0.15) is 0 Å². The van der Waals surface area contributed by atoms with E-state index in [2.05, 4.69) is 216 Å². The molecule has 0 atom stereocenters. The summed E-state index contributed by atoms with van der Waals surface area (Å²) in [6.45, 7) is 0. The Bertz CT molecular complexity index is 3830. The number of hydrogen-bond donors (Lipinski definition) is 0. The van der Waals surface area contributed by atoms with Gasteiger partial charge in [-0.1, -0.05) is 152 Å². The molecule has 0 aliphatic carbocycles. The third kappa shape index (κ3) is 5.14. The number of hydrogen-bond acceptors (Lipinski definition) is 3. The van der Waals surface area contributed by atoms with Gasteiger partial charge in [0.25, 0.3) is 0 Å². The van der Waals surface area contributed by atoms with Crippen molar-refractivity contribution in [3.05, 3.63) is 218 Å². The Morgan fingerprint density at radius 2 is 0.919 bits per heavy atom. The molecule has 0 saturated heterocycles. The molecule has 290 valence electrons. The van der Waals surface area contributed by atoms with Gasteiger partial charge in [0, 0.05) is 49.1 Å². The van der Waals surface area contributed by atoms with Crippen LogP contribution in [0.5, 0.6) is 0 Å². The van der Waals surface area contributed by atoms with Crippen LogP contribution < -0.4 is 4.90 Å². The van der Waals surface area contributed by atoms with Gasteiger partial charge in [-0.15, -0.1) is 0 Å². The van der Waals surface area contributed by atoms with E-state index in [0.717, 1.165) is 99.7 Å². The number of nitrogens with zero attached hydrogens (tertiary/aromatic N) is 2. The summed E-state index contributed by atoms with van der Waals surface area (Å²) in [5, 5.41) is 9.09. The van der Waals surface area contributed by atoms with E-state index in [1.165, 1.54) is 21.8 Å². The molecule has 62 heavy (non-hydrogen) atoms.